The summed E-state index contributed by atoms with van der Waals surface area (Å²) in [6.07, 6.45) is 6.63. The fourth-order valence-corrected chi connectivity index (χ4v) is 3.16. The molecule has 0 bridgehead atoms. The highest BCUT2D eigenvalue weighted by molar-refractivity contribution is 6.30. The molecule has 118 valence electrons. The third kappa shape index (κ3) is 3.58. The SMILES string of the molecule is CO[C@@H]1C[C@@H](Cn2ccc(N)n2)N(Cc2cncc(Cl)c2)C1. The van der Waals surface area contributed by atoms with E-state index >= 15 is 0 Å². The Balaban J connectivity index is 1.71. The van der Waals surface area contributed by atoms with Crippen molar-refractivity contribution in [3.63, 3.8) is 0 Å². The molecule has 3 heterocycles. The van der Waals surface area contributed by atoms with Gasteiger partial charge in [0.1, 0.15) is 5.82 Å². The number of nitrogen functional groups attached to an aromatic ring is 1. The average molecular weight is 322 g/mol. The van der Waals surface area contributed by atoms with Crippen LogP contribution in [-0.4, -0.2) is 45.5 Å². The van der Waals surface area contributed by atoms with E-state index < -0.39 is 0 Å². The minimum atomic E-state index is 0.241. The Morgan fingerprint density at radius 3 is 3.00 bits per heavy atom. The number of pyridine rings is 1. The van der Waals surface area contributed by atoms with Gasteiger partial charge in [0, 0.05) is 44.8 Å². The zero-order valence-corrected chi connectivity index (χ0v) is 13.3. The molecule has 6 nitrogen and oxygen atoms in total. The number of likely N-dealkylation sites (tertiary alicyclic amines) is 1. The monoisotopic (exact) mass is 321 g/mol. The summed E-state index contributed by atoms with van der Waals surface area (Å²) in [6.45, 7) is 2.49. The van der Waals surface area contributed by atoms with Crippen molar-refractivity contribution in [1.29, 1.82) is 0 Å². The van der Waals surface area contributed by atoms with Crippen molar-refractivity contribution < 1.29 is 4.74 Å². The highest BCUT2D eigenvalue weighted by Crippen LogP contribution is 2.24. The normalized spacial score (nSPS) is 22.3. The number of aromatic nitrogens is 3. The molecular formula is C15H20ClN5O. The Labute approximate surface area is 134 Å². The largest absolute Gasteiger partial charge is 0.382 e. The quantitative estimate of drug-likeness (QED) is 0.909. The lowest BCUT2D eigenvalue weighted by Crippen LogP contribution is -2.33. The Morgan fingerprint density at radius 2 is 2.32 bits per heavy atom. The molecule has 1 aliphatic heterocycles. The minimum absolute atomic E-state index is 0.241. The third-order valence-corrected chi connectivity index (χ3v) is 4.24. The maximum Gasteiger partial charge on any atom is 0.145 e. The maximum atomic E-state index is 6.02. The number of nitrogens with zero attached hydrogens (tertiary/aromatic N) is 4. The summed E-state index contributed by atoms with van der Waals surface area (Å²) < 4.78 is 7.43. The van der Waals surface area contributed by atoms with Gasteiger partial charge in [-0.3, -0.25) is 14.6 Å². The van der Waals surface area contributed by atoms with E-state index in [1.165, 1.54) is 0 Å². The van der Waals surface area contributed by atoms with Crippen LogP contribution in [-0.2, 0) is 17.8 Å². The zero-order valence-electron chi connectivity index (χ0n) is 12.5. The van der Waals surface area contributed by atoms with E-state index in [4.69, 9.17) is 22.1 Å². The summed E-state index contributed by atoms with van der Waals surface area (Å²) in [6, 6.07) is 4.12. The van der Waals surface area contributed by atoms with Crippen LogP contribution in [0.4, 0.5) is 5.82 Å². The first-order valence-electron chi connectivity index (χ1n) is 7.29. The van der Waals surface area contributed by atoms with Crippen LogP contribution in [0.2, 0.25) is 5.02 Å². The second-order valence-corrected chi connectivity index (χ2v) is 6.09. The lowest BCUT2D eigenvalue weighted by atomic mass is 10.2. The first kappa shape index (κ1) is 15.3. The van der Waals surface area contributed by atoms with Crippen LogP contribution >= 0.6 is 11.6 Å². The molecule has 0 aliphatic carbocycles. The van der Waals surface area contributed by atoms with Crippen molar-refractivity contribution in [3.8, 4) is 0 Å². The number of rotatable bonds is 5. The molecule has 0 unspecified atom stereocenters. The first-order valence-corrected chi connectivity index (χ1v) is 7.67. The summed E-state index contributed by atoms with van der Waals surface area (Å²) in [4.78, 5) is 6.54. The summed E-state index contributed by atoms with van der Waals surface area (Å²) in [5, 5.41) is 4.94. The molecule has 0 aromatic carbocycles. The Kier molecular flexibility index (Phi) is 4.61. The lowest BCUT2D eigenvalue weighted by Gasteiger charge is -2.24. The second-order valence-electron chi connectivity index (χ2n) is 5.65. The van der Waals surface area contributed by atoms with Crippen LogP contribution in [0.3, 0.4) is 0 Å². The molecule has 1 saturated heterocycles. The van der Waals surface area contributed by atoms with Gasteiger partial charge in [0.25, 0.3) is 0 Å². The molecule has 0 amide bonds. The van der Waals surface area contributed by atoms with E-state index in [1.54, 1.807) is 13.3 Å². The number of anilines is 1. The Hall–Kier alpha value is -1.63. The summed E-state index contributed by atoms with van der Waals surface area (Å²) in [7, 11) is 1.76. The third-order valence-electron chi connectivity index (χ3n) is 4.03. The highest BCUT2D eigenvalue weighted by atomic mass is 35.5. The van der Waals surface area contributed by atoms with E-state index in [0.29, 0.717) is 16.9 Å². The number of halogens is 1. The molecule has 22 heavy (non-hydrogen) atoms. The fourth-order valence-electron chi connectivity index (χ4n) is 2.96. The van der Waals surface area contributed by atoms with Crippen molar-refractivity contribution in [2.24, 2.45) is 0 Å². The number of ether oxygens (including phenoxy) is 1. The summed E-state index contributed by atoms with van der Waals surface area (Å²) in [5.41, 5.74) is 6.79. The van der Waals surface area contributed by atoms with E-state index in [9.17, 15) is 0 Å². The van der Waals surface area contributed by atoms with Crippen molar-refractivity contribution in [3.05, 3.63) is 41.3 Å². The van der Waals surface area contributed by atoms with Crippen LogP contribution in [0, 0.1) is 0 Å². The van der Waals surface area contributed by atoms with Gasteiger partial charge in [-0.05, 0) is 24.1 Å². The molecule has 7 heteroatoms. The Bertz CT molecular complexity index is 632. The molecule has 2 atom stereocenters. The predicted molar refractivity (Wildman–Crippen MR) is 85.5 cm³/mol. The topological polar surface area (TPSA) is 69.2 Å². The molecule has 0 spiro atoms. The summed E-state index contributed by atoms with van der Waals surface area (Å²) in [5.74, 6) is 0.548. The van der Waals surface area contributed by atoms with Gasteiger partial charge in [-0.1, -0.05) is 11.6 Å². The van der Waals surface area contributed by atoms with Crippen LogP contribution in [0.5, 0.6) is 0 Å². The van der Waals surface area contributed by atoms with Gasteiger partial charge < -0.3 is 10.5 Å². The van der Waals surface area contributed by atoms with Crippen molar-refractivity contribution >= 4 is 17.4 Å². The molecule has 1 fully saturated rings. The maximum absolute atomic E-state index is 6.02. The van der Waals surface area contributed by atoms with Gasteiger partial charge >= 0.3 is 0 Å². The van der Waals surface area contributed by atoms with E-state index in [-0.39, 0.29) is 6.10 Å². The van der Waals surface area contributed by atoms with Gasteiger partial charge in [0.15, 0.2) is 0 Å². The lowest BCUT2D eigenvalue weighted by molar-refractivity contribution is 0.107. The number of methoxy groups -OCH3 is 1. The summed E-state index contributed by atoms with van der Waals surface area (Å²) >= 11 is 6.02. The molecule has 3 rings (SSSR count). The molecule has 2 aromatic rings. The first-order chi connectivity index (χ1) is 10.6. The van der Waals surface area contributed by atoms with Crippen LogP contribution < -0.4 is 5.73 Å². The molecular weight excluding hydrogens is 302 g/mol. The van der Waals surface area contributed by atoms with Crippen LogP contribution in [0.1, 0.15) is 12.0 Å². The van der Waals surface area contributed by atoms with E-state index in [1.807, 2.05) is 29.2 Å². The molecule has 0 radical (unpaired) electrons. The zero-order chi connectivity index (χ0) is 15.5. The van der Waals surface area contributed by atoms with Gasteiger partial charge in [0.2, 0.25) is 0 Å². The minimum Gasteiger partial charge on any atom is -0.382 e. The van der Waals surface area contributed by atoms with E-state index in [2.05, 4.69) is 15.0 Å². The second kappa shape index (κ2) is 6.64. The smallest absolute Gasteiger partial charge is 0.145 e. The van der Waals surface area contributed by atoms with Crippen LogP contribution in [0.25, 0.3) is 0 Å². The molecule has 0 saturated carbocycles. The molecule has 2 N–H and O–H groups in total. The van der Waals surface area contributed by atoms with Crippen molar-refractivity contribution in [2.75, 3.05) is 19.4 Å². The standard InChI is InChI=1S/C15H20ClN5O/c1-22-14-5-13(9-21-3-2-15(17)19-21)20(10-14)8-11-4-12(16)7-18-6-11/h2-4,6-7,13-14H,5,8-10H2,1H3,(H2,17,19)/t13-,14+/m0/s1. The fraction of sp³-hybridized carbons (Fsp3) is 0.467. The molecule has 1 aliphatic rings. The molecule has 2 aromatic heterocycles. The van der Waals surface area contributed by atoms with Gasteiger partial charge in [-0.25, -0.2) is 0 Å². The van der Waals surface area contributed by atoms with Gasteiger partial charge in [-0.15, -0.1) is 0 Å². The van der Waals surface area contributed by atoms with Gasteiger partial charge in [0.05, 0.1) is 17.7 Å². The number of nitrogens with two attached hydrogens (primary N) is 1. The van der Waals surface area contributed by atoms with E-state index in [0.717, 1.165) is 31.6 Å². The highest BCUT2D eigenvalue weighted by Gasteiger charge is 2.32. The van der Waals surface area contributed by atoms with Crippen molar-refractivity contribution in [1.82, 2.24) is 19.7 Å². The number of hydrogen-bond donors (Lipinski definition) is 1. The number of hydrogen-bond acceptors (Lipinski definition) is 5. The van der Waals surface area contributed by atoms with Crippen molar-refractivity contribution in [2.45, 2.75) is 31.7 Å². The van der Waals surface area contributed by atoms with Crippen LogP contribution in [0.15, 0.2) is 30.7 Å². The Morgan fingerprint density at radius 1 is 1.45 bits per heavy atom. The predicted octanol–water partition coefficient (Wildman–Crippen LogP) is 1.80. The average Bonchev–Trinajstić information content (AvgIpc) is 3.06. The van der Waals surface area contributed by atoms with Gasteiger partial charge in [-0.2, -0.15) is 5.10 Å².